The summed E-state index contributed by atoms with van der Waals surface area (Å²) in [5.41, 5.74) is 15.1. The van der Waals surface area contributed by atoms with Crippen molar-refractivity contribution in [3.63, 3.8) is 0 Å². The van der Waals surface area contributed by atoms with Crippen LogP contribution in [0.2, 0.25) is 0 Å². The molecule has 0 aliphatic carbocycles. The van der Waals surface area contributed by atoms with E-state index in [0.29, 0.717) is 96.8 Å². The van der Waals surface area contributed by atoms with E-state index in [4.69, 9.17) is 43.9 Å². The van der Waals surface area contributed by atoms with E-state index in [0.717, 1.165) is 56.0 Å². The molecule has 0 saturated heterocycles. The number of carbonyl (C=O) groups excluding carboxylic acids is 3. The van der Waals surface area contributed by atoms with E-state index in [1.165, 1.54) is 21.3 Å². The SMILES string of the molecule is COC(=O)c1ccc(-c2c(C(=O)OC)c3cc4nc(cc5[nH]c(c(OC)c6nc(cc2[nH]3)C(C)(C)C6)c(C(=O)OC)c5C#Cc2ccc(-c3c5nc(cc6ccc(cc7[n+](C)c(cc8ccc3[n-]8)C=C7)[n-]6)C=C5)cc2)C(C)(C)C4)cc1.[Zn+2]. The molecule has 0 fully saturated rings. The summed E-state index contributed by atoms with van der Waals surface area (Å²) in [5.74, 6) is 5.42. The number of ether oxygens (including phenoxy) is 4. The smallest absolute Gasteiger partial charge is 0.658 e. The molecule has 4 aliphatic heterocycles. The second-order valence-corrected chi connectivity index (χ2v) is 21.6. The van der Waals surface area contributed by atoms with Gasteiger partial charge in [0.25, 0.3) is 0 Å². The van der Waals surface area contributed by atoms with Crippen LogP contribution < -0.4 is 19.3 Å². The fraction of sp³-hybridized carbons (Fsp3) is 0.197. The number of nitrogens with zero attached hydrogens (tertiary/aromatic N) is 6. The van der Waals surface area contributed by atoms with Gasteiger partial charge in [-0.2, -0.15) is 4.57 Å². The molecular weight excluding hydrogens is 1080 g/mol. The van der Waals surface area contributed by atoms with Gasteiger partial charge in [-0.05, 0) is 83.4 Å². The van der Waals surface area contributed by atoms with Crippen molar-refractivity contribution in [2.24, 2.45) is 7.05 Å². The van der Waals surface area contributed by atoms with E-state index in [9.17, 15) is 14.4 Å². The van der Waals surface area contributed by atoms with E-state index in [2.05, 4.69) is 78.4 Å². The predicted octanol–water partition coefficient (Wildman–Crippen LogP) is 11.1. The Labute approximate surface area is 485 Å². The van der Waals surface area contributed by atoms with Crippen molar-refractivity contribution in [2.45, 2.75) is 51.4 Å². The molecule has 2 N–H and O–H groups in total. The number of H-pyrrole nitrogens is 2. The zero-order valence-corrected chi connectivity index (χ0v) is 49.8. The first kappa shape index (κ1) is 54.5. The number of hydrogen-bond donors (Lipinski definition) is 2. The molecule has 8 aromatic rings. The van der Waals surface area contributed by atoms with Gasteiger partial charge in [0, 0.05) is 69.5 Å². The van der Waals surface area contributed by atoms with Gasteiger partial charge in [-0.3, -0.25) is 9.97 Å². The van der Waals surface area contributed by atoms with E-state index in [1.54, 1.807) is 31.4 Å². The molecule has 0 spiro atoms. The van der Waals surface area contributed by atoms with Gasteiger partial charge in [-0.15, -0.1) is 22.1 Å². The number of fused-ring (bicyclic) bond motifs is 16. The third-order valence-electron chi connectivity index (χ3n) is 15.3. The van der Waals surface area contributed by atoms with Crippen molar-refractivity contribution in [2.75, 3.05) is 28.4 Å². The third kappa shape index (κ3) is 9.91. The molecule has 16 heteroatoms. The molecule has 15 nitrogen and oxygen atoms in total. The van der Waals surface area contributed by atoms with E-state index in [-0.39, 0.29) is 25.0 Å². The number of benzene rings is 2. The summed E-state index contributed by atoms with van der Waals surface area (Å²) in [4.78, 5) is 73.4. The van der Waals surface area contributed by atoms with Gasteiger partial charge in [-0.1, -0.05) is 94.1 Å². The van der Waals surface area contributed by atoms with Gasteiger partial charge in [0.1, 0.15) is 12.6 Å². The number of hydrogen-bond acceptors (Lipinski definition) is 10. The molecule has 402 valence electrons. The molecule has 10 heterocycles. The number of rotatable bonds is 6. The summed E-state index contributed by atoms with van der Waals surface area (Å²) in [7, 11) is 7.60. The first-order chi connectivity index (χ1) is 39.0. The minimum Gasteiger partial charge on any atom is -0.658 e. The quantitative estimate of drug-likeness (QED) is 0.0527. The average molecular weight is 1140 g/mol. The summed E-state index contributed by atoms with van der Waals surface area (Å²) in [6, 6.07) is 34.6. The van der Waals surface area contributed by atoms with Gasteiger partial charge in [0.15, 0.2) is 5.75 Å². The largest absolute Gasteiger partial charge is 2.00 e. The van der Waals surface area contributed by atoms with Gasteiger partial charge in [0.05, 0.1) is 78.8 Å². The standard InChI is InChI=1S/C66H56N8O7.Zn/c1-65(2)34-44-31-51-59(64(77)81-9)57(38-15-17-39(18-16-38)62(75)79-7)52(71-51)33-55-66(3,4)35-53(72-55)61(78-6)60-58(63(76)80-8)47(50(73-60)32-54(65)70-44)25-12-36-10-13-37(14-11-36)56-48-26-21-41(68-48)28-40-19-20-42(67-40)29-45-23-24-46(74(45)5)30-43-22-27-49(56)69-43;/h10-11,13-24,26-33H,34-35H2,1-9H3,(H3,67,68,69,70,71,72,73,75,76,77);/q;+2/p-1. The number of methoxy groups -OCH3 is 4. The molecule has 0 atom stereocenters. The summed E-state index contributed by atoms with van der Waals surface area (Å²) in [5, 5.41) is 0. The Bertz CT molecular complexity index is 4490. The van der Waals surface area contributed by atoms with Crippen LogP contribution in [0.1, 0.15) is 115 Å². The molecule has 0 unspecified atom stereocenters. The van der Waals surface area contributed by atoms with E-state index < -0.39 is 28.7 Å². The molecule has 2 aromatic carbocycles. The van der Waals surface area contributed by atoms with Crippen LogP contribution in [-0.4, -0.2) is 71.3 Å². The molecule has 0 amide bonds. The van der Waals surface area contributed by atoms with Crippen molar-refractivity contribution in [3.05, 3.63) is 183 Å². The molecule has 12 rings (SSSR count). The minimum absolute atomic E-state index is 0. The van der Waals surface area contributed by atoms with Gasteiger partial charge in [0.2, 0.25) is 11.4 Å². The maximum Gasteiger partial charge on any atom is 2.00 e. The van der Waals surface area contributed by atoms with Crippen LogP contribution in [0.3, 0.4) is 0 Å². The molecular formula is C66H55N8O7Zn+. The molecule has 16 bridgehead atoms. The first-order valence-corrected chi connectivity index (χ1v) is 26.4. The van der Waals surface area contributed by atoms with Crippen molar-refractivity contribution < 1.29 is 57.4 Å². The fourth-order valence-corrected chi connectivity index (χ4v) is 11.0. The summed E-state index contributed by atoms with van der Waals surface area (Å²) in [6.07, 6.45) is 9.06. The summed E-state index contributed by atoms with van der Waals surface area (Å²) >= 11 is 0. The van der Waals surface area contributed by atoms with Crippen LogP contribution in [0.25, 0.3) is 90.7 Å². The van der Waals surface area contributed by atoms with Gasteiger partial charge >= 0.3 is 37.4 Å². The van der Waals surface area contributed by atoms with Gasteiger partial charge in [-0.25, -0.2) is 19.4 Å². The third-order valence-corrected chi connectivity index (χ3v) is 15.3. The Morgan fingerprint density at radius 2 is 1.20 bits per heavy atom. The minimum atomic E-state index is -0.624. The topological polar surface area (TPSA) is 190 Å². The average Bonchev–Trinajstić information content (AvgIpc) is 4.40. The number of esters is 3. The van der Waals surface area contributed by atoms with Gasteiger partial charge < -0.3 is 38.9 Å². The van der Waals surface area contributed by atoms with Crippen LogP contribution in [-0.2, 0) is 64.4 Å². The second kappa shape index (κ2) is 21.2. The Balaban J connectivity index is 0.00000705. The zero-order valence-electron chi connectivity index (χ0n) is 46.9. The predicted molar refractivity (Wildman–Crippen MR) is 312 cm³/mol. The zero-order chi connectivity index (χ0) is 56.5. The van der Waals surface area contributed by atoms with Crippen molar-refractivity contribution in [1.29, 1.82) is 0 Å². The van der Waals surface area contributed by atoms with Crippen LogP contribution in [0.4, 0.5) is 0 Å². The Morgan fingerprint density at radius 1 is 0.585 bits per heavy atom. The van der Waals surface area contributed by atoms with Crippen molar-refractivity contribution in [1.82, 2.24) is 34.9 Å². The number of nitrogens with one attached hydrogen (secondary N) is 2. The summed E-state index contributed by atoms with van der Waals surface area (Å²) < 4.78 is 24.4. The monoisotopic (exact) mass is 1140 g/mol. The maximum absolute atomic E-state index is 14.3. The number of carbonyl (C=O) groups is 3. The molecule has 82 heavy (non-hydrogen) atoms. The Hall–Kier alpha value is -9.45. The molecule has 0 radical (unpaired) electrons. The van der Waals surface area contributed by atoms with Crippen molar-refractivity contribution >= 4 is 86.3 Å². The van der Waals surface area contributed by atoms with Crippen LogP contribution >= 0.6 is 0 Å². The fourth-order valence-electron chi connectivity index (χ4n) is 11.0. The number of aromatic amines is 2. The maximum atomic E-state index is 14.3. The number of aromatic nitrogens is 8. The Morgan fingerprint density at radius 3 is 1.89 bits per heavy atom. The van der Waals surface area contributed by atoms with Crippen molar-refractivity contribution in [3.8, 4) is 39.8 Å². The van der Waals surface area contributed by atoms with Crippen LogP contribution in [0, 0.1) is 11.8 Å². The van der Waals surface area contributed by atoms with E-state index >= 15 is 0 Å². The second-order valence-electron chi connectivity index (χ2n) is 21.6. The molecule has 6 aromatic heterocycles. The molecule has 0 saturated carbocycles. The normalized spacial score (nSPS) is 13.6. The Kier molecular flexibility index (Phi) is 14.1. The first-order valence-electron chi connectivity index (χ1n) is 26.4. The van der Waals surface area contributed by atoms with E-state index in [1.807, 2.05) is 92.0 Å². The van der Waals surface area contributed by atoms with Crippen LogP contribution in [0.15, 0.2) is 109 Å². The van der Waals surface area contributed by atoms with Crippen LogP contribution in [0.5, 0.6) is 5.75 Å². The summed E-state index contributed by atoms with van der Waals surface area (Å²) in [6.45, 7) is 8.31. The molecule has 4 aliphatic rings.